The molecule has 6 nitrogen and oxygen atoms in total. The molecule has 0 aliphatic heterocycles. The summed E-state index contributed by atoms with van der Waals surface area (Å²) in [7, 11) is 0. The largest absolute Gasteiger partial charge is 0.339 e. The van der Waals surface area contributed by atoms with Crippen LogP contribution in [0, 0.1) is 13.8 Å². The molecule has 0 saturated heterocycles. The average molecular weight is 322 g/mol. The molecule has 2 heterocycles. The van der Waals surface area contributed by atoms with Gasteiger partial charge in [-0.15, -0.1) is 0 Å². The van der Waals surface area contributed by atoms with Gasteiger partial charge in [-0.1, -0.05) is 28.9 Å². The third-order valence-electron chi connectivity index (χ3n) is 3.58. The van der Waals surface area contributed by atoms with Crippen molar-refractivity contribution in [3.8, 4) is 11.5 Å². The number of nitrogens with one attached hydrogen (secondary N) is 1. The smallest absolute Gasteiger partial charge is 0.227 e. The first kappa shape index (κ1) is 15.9. The topological polar surface area (TPSA) is 80.9 Å². The van der Waals surface area contributed by atoms with E-state index in [0.29, 0.717) is 23.8 Å². The quantitative estimate of drug-likeness (QED) is 0.779. The van der Waals surface area contributed by atoms with Crippen LogP contribution in [-0.4, -0.2) is 21.0 Å². The van der Waals surface area contributed by atoms with Crippen molar-refractivity contribution < 1.29 is 9.32 Å². The van der Waals surface area contributed by atoms with Crippen molar-refractivity contribution in [2.75, 3.05) is 5.32 Å². The minimum Gasteiger partial charge on any atom is -0.339 e. The first-order valence-corrected chi connectivity index (χ1v) is 7.73. The van der Waals surface area contributed by atoms with Crippen molar-refractivity contribution in [2.45, 2.75) is 26.7 Å². The molecule has 0 saturated carbocycles. The van der Waals surface area contributed by atoms with Crippen LogP contribution in [0.2, 0.25) is 0 Å². The van der Waals surface area contributed by atoms with Gasteiger partial charge in [-0.2, -0.15) is 4.98 Å². The van der Waals surface area contributed by atoms with E-state index in [1.54, 1.807) is 6.20 Å². The molecule has 3 aromatic rings. The van der Waals surface area contributed by atoms with E-state index >= 15 is 0 Å². The van der Waals surface area contributed by atoms with Crippen molar-refractivity contribution in [3.05, 3.63) is 59.6 Å². The van der Waals surface area contributed by atoms with Gasteiger partial charge in [0.1, 0.15) is 5.69 Å². The molecule has 3 rings (SSSR count). The summed E-state index contributed by atoms with van der Waals surface area (Å²) in [6.07, 6.45) is 2.33. The Balaban J connectivity index is 1.58. The van der Waals surface area contributed by atoms with E-state index < -0.39 is 0 Å². The first-order chi connectivity index (χ1) is 11.6. The van der Waals surface area contributed by atoms with Gasteiger partial charge < -0.3 is 9.84 Å². The van der Waals surface area contributed by atoms with Gasteiger partial charge in [0, 0.05) is 24.7 Å². The van der Waals surface area contributed by atoms with Crippen molar-refractivity contribution >= 4 is 11.6 Å². The monoisotopic (exact) mass is 322 g/mol. The molecule has 122 valence electrons. The molecule has 6 heteroatoms. The maximum atomic E-state index is 12.1. The Bertz CT molecular complexity index is 843. The molecule has 0 spiro atoms. The Morgan fingerprint density at radius 3 is 2.83 bits per heavy atom. The normalized spacial score (nSPS) is 10.6. The van der Waals surface area contributed by atoms with E-state index in [-0.39, 0.29) is 12.3 Å². The van der Waals surface area contributed by atoms with Crippen LogP contribution in [0.1, 0.15) is 23.4 Å². The number of benzene rings is 1. The zero-order valence-corrected chi connectivity index (χ0v) is 13.6. The van der Waals surface area contributed by atoms with Crippen molar-refractivity contribution in [3.63, 3.8) is 0 Å². The molecular formula is C18H18N4O2. The number of aromatic nitrogens is 3. The van der Waals surface area contributed by atoms with Crippen LogP contribution in [0.15, 0.2) is 47.1 Å². The van der Waals surface area contributed by atoms with Gasteiger partial charge in [-0.3, -0.25) is 9.78 Å². The number of pyridine rings is 1. The highest BCUT2D eigenvalue weighted by atomic mass is 16.5. The van der Waals surface area contributed by atoms with E-state index in [1.165, 1.54) is 5.56 Å². The zero-order valence-electron chi connectivity index (χ0n) is 13.6. The molecule has 2 aromatic heterocycles. The summed E-state index contributed by atoms with van der Waals surface area (Å²) >= 11 is 0. The first-order valence-electron chi connectivity index (χ1n) is 7.73. The number of anilines is 1. The van der Waals surface area contributed by atoms with E-state index in [0.717, 1.165) is 11.3 Å². The Labute approximate surface area is 139 Å². The Morgan fingerprint density at radius 2 is 2.08 bits per heavy atom. The molecular weight excluding hydrogens is 304 g/mol. The number of nitrogens with zero attached hydrogens (tertiary/aromatic N) is 3. The number of carbonyl (C=O) groups excluding carboxylic acids is 1. The van der Waals surface area contributed by atoms with Gasteiger partial charge in [-0.05, 0) is 37.6 Å². The lowest BCUT2D eigenvalue weighted by molar-refractivity contribution is -0.116. The second-order valence-electron chi connectivity index (χ2n) is 5.59. The van der Waals surface area contributed by atoms with Crippen LogP contribution in [0.5, 0.6) is 0 Å². The number of amides is 1. The van der Waals surface area contributed by atoms with Crippen molar-refractivity contribution in [1.82, 2.24) is 15.1 Å². The second-order valence-corrected chi connectivity index (χ2v) is 5.59. The summed E-state index contributed by atoms with van der Waals surface area (Å²) in [5.41, 5.74) is 3.68. The zero-order chi connectivity index (χ0) is 16.9. The molecule has 0 atom stereocenters. The summed E-state index contributed by atoms with van der Waals surface area (Å²) < 4.78 is 5.18. The van der Waals surface area contributed by atoms with Crippen LogP contribution in [-0.2, 0) is 11.2 Å². The highest BCUT2D eigenvalue weighted by molar-refractivity contribution is 5.91. The van der Waals surface area contributed by atoms with Crippen LogP contribution < -0.4 is 5.32 Å². The maximum absolute atomic E-state index is 12.1. The summed E-state index contributed by atoms with van der Waals surface area (Å²) in [5, 5.41) is 6.80. The Morgan fingerprint density at radius 1 is 1.21 bits per heavy atom. The highest BCUT2D eigenvalue weighted by Gasteiger charge is 2.12. The lowest BCUT2D eigenvalue weighted by atomic mass is 10.1. The maximum Gasteiger partial charge on any atom is 0.227 e. The molecule has 0 aliphatic carbocycles. The fourth-order valence-corrected chi connectivity index (χ4v) is 2.34. The van der Waals surface area contributed by atoms with Gasteiger partial charge in [0.15, 0.2) is 0 Å². The molecule has 1 N–H and O–H groups in total. The van der Waals surface area contributed by atoms with Gasteiger partial charge in [-0.25, -0.2) is 0 Å². The minimum atomic E-state index is -0.0838. The molecule has 1 amide bonds. The fraction of sp³-hybridized carbons (Fsp3) is 0.222. The molecule has 0 fully saturated rings. The molecule has 0 aliphatic rings. The van der Waals surface area contributed by atoms with Crippen molar-refractivity contribution in [2.24, 2.45) is 0 Å². The van der Waals surface area contributed by atoms with Gasteiger partial charge in [0.05, 0.1) is 0 Å². The van der Waals surface area contributed by atoms with Gasteiger partial charge >= 0.3 is 0 Å². The number of rotatable bonds is 5. The van der Waals surface area contributed by atoms with Crippen LogP contribution >= 0.6 is 0 Å². The summed E-state index contributed by atoms with van der Waals surface area (Å²) in [5.74, 6) is 0.770. The minimum absolute atomic E-state index is 0.0838. The predicted octanol–water partition coefficient (Wildman–Crippen LogP) is 3.32. The van der Waals surface area contributed by atoms with E-state index in [1.807, 2.05) is 50.2 Å². The molecule has 1 aromatic carbocycles. The number of aryl methyl sites for hydroxylation is 3. The molecule has 24 heavy (non-hydrogen) atoms. The number of carbonyl (C=O) groups is 1. The van der Waals surface area contributed by atoms with Crippen LogP contribution in [0.3, 0.4) is 0 Å². The van der Waals surface area contributed by atoms with Crippen LogP contribution in [0.25, 0.3) is 11.5 Å². The standard InChI is InChI=1S/C18H18N4O2/c1-12-6-7-14(13(2)11-12)20-16(23)8-9-17-21-18(22-24-17)15-5-3-4-10-19-15/h3-7,10-11H,8-9H2,1-2H3,(H,20,23). The average Bonchev–Trinajstić information content (AvgIpc) is 3.05. The van der Waals surface area contributed by atoms with E-state index in [4.69, 9.17) is 4.52 Å². The Hall–Kier alpha value is -3.02. The van der Waals surface area contributed by atoms with E-state index in [9.17, 15) is 4.79 Å². The lowest BCUT2D eigenvalue weighted by Gasteiger charge is -2.08. The van der Waals surface area contributed by atoms with Crippen LogP contribution in [0.4, 0.5) is 5.69 Å². The highest BCUT2D eigenvalue weighted by Crippen LogP contribution is 2.17. The van der Waals surface area contributed by atoms with Gasteiger partial charge in [0.25, 0.3) is 0 Å². The van der Waals surface area contributed by atoms with Gasteiger partial charge in [0.2, 0.25) is 17.6 Å². The summed E-state index contributed by atoms with van der Waals surface area (Å²) in [6, 6.07) is 11.4. The summed E-state index contributed by atoms with van der Waals surface area (Å²) in [4.78, 5) is 20.5. The Kier molecular flexibility index (Phi) is 4.65. The predicted molar refractivity (Wildman–Crippen MR) is 90.4 cm³/mol. The third-order valence-corrected chi connectivity index (χ3v) is 3.58. The molecule has 0 bridgehead atoms. The second kappa shape index (κ2) is 7.04. The SMILES string of the molecule is Cc1ccc(NC(=O)CCc2nc(-c3ccccn3)no2)c(C)c1. The fourth-order valence-electron chi connectivity index (χ4n) is 2.34. The lowest BCUT2D eigenvalue weighted by Crippen LogP contribution is -2.13. The molecule has 0 unspecified atom stereocenters. The number of hydrogen-bond donors (Lipinski definition) is 1. The molecule has 0 radical (unpaired) electrons. The summed E-state index contributed by atoms with van der Waals surface area (Å²) in [6.45, 7) is 3.99. The van der Waals surface area contributed by atoms with E-state index in [2.05, 4.69) is 20.4 Å². The van der Waals surface area contributed by atoms with Crippen molar-refractivity contribution in [1.29, 1.82) is 0 Å². The number of hydrogen-bond acceptors (Lipinski definition) is 5. The third kappa shape index (κ3) is 3.84.